The number of nitrogens with zero attached hydrogens (tertiary/aromatic N) is 2. The summed E-state index contributed by atoms with van der Waals surface area (Å²) in [6.45, 7) is 0. The Bertz CT molecular complexity index is 1300. The van der Waals surface area contributed by atoms with Gasteiger partial charge in [-0.3, -0.25) is 15.6 Å². The van der Waals surface area contributed by atoms with E-state index in [-0.39, 0.29) is 30.2 Å². The second kappa shape index (κ2) is 10.7. The van der Waals surface area contributed by atoms with Gasteiger partial charge in [0, 0.05) is 18.0 Å². The number of anilines is 1. The summed E-state index contributed by atoms with van der Waals surface area (Å²) >= 11 is 5.26. The number of hydrogen-bond acceptors (Lipinski definition) is 4. The molecule has 0 aliphatic heterocycles. The van der Waals surface area contributed by atoms with E-state index in [4.69, 9.17) is 11.6 Å². The maximum absolute atomic E-state index is 14.8. The number of amides is 1. The van der Waals surface area contributed by atoms with Crippen molar-refractivity contribution in [2.24, 2.45) is 0 Å². The highest BCUT2D eigenvalue weighted by molar-refractivity contribution is 6.30. The number of halogens is 10. The highest BCUT2D eigenvalue weighted by Gasteiger charge is 2.41. The highest BCUT2D eigenvalue weighted by Crippen LogP contribution is 2.40. The van der Waals surface area contributed by atoms with Crippen LogP contribution >= 0.6 is 11.6 Å². The Morgan fingerprint density at radius 3 is 2.11 bits per heavy atom. The standard InChI is InChI=1S/C22H12ClF9N4O/c23-18-16(25)7-11(8-17(18)26)13(21(27,28)29)9-15(24)10-2-3-12(14(6-10)22(30,31)32)19(37)35-36-20-33-4-1-5-34-20/h1-9,13H,(H,35,37)(H,33,34,36)/b15-9-. The SMILES string of the molecule is O=C(NNc1ncccn1)c1ccc(/C(F)=C/C(c2cc(F)c(Cl)c(F)c2)C(F)(F)F)cc1C(F)(F)F. The molecule has 1 unspecified atom stereocenters. The van der Waals surface area contributed by atoms with E-state index in [2.05, 4.69) is 15.4 Å². The van der Waals surface area contributed by atoms with E-state index >= 15 is 0 Å². The van der Waals surface area contributed by atoms with Gasteiger partial charge in [-0.15, -0.1) is 0 Å². The van der Waals surface area contributed by atoms with E-state index < -0.39 is 68.9 Å². The molecule has 0 spiro atoms. The van der Waals surface area contributed by atoms with Gasteiger partial charge in [0.1, 0.15) is 28.4 Å². The van der Waals surface area contributed by atoms with Crippen molar-refractivity contribution in [1.29, 1.82) is 0 Å². The molecule has 0 fully saturated rings. The van der Waals surface area contributed by atoms with Gasteiger partial charge in [-0.05, 0) is 42.0 Å². The zero-order valence-electron chi connectivity index (χ0n) is 17.9. The van der Waals surface area contributed by atoms with Crippen LogP contribution in [0, 0.1) is 11.6 Å². The molecule has 15 heteroatoms. The molecule has 0 radical (unpaired) electrons. The summed E-state index contributed by atoms with van der Waals surface area (Å²) in [7, 11) is 0. The predicted molar refractivity (Wildman–Crippen MR) is 114 cm³/mol. The van der Waals surface area contributed by atoms with Crippen LogP contribution in [0.4, 0.5) is 45.5 Å². The molecule has 1 atom stereocenters. The van der Waals surface area contributed by atoms with Gasteiger partial charge in [0.15, 0.2) is 0 Å². The fourth-order valence-electron chi connectivity index (χ4n) is 3.05. The van der Waals surface area contributed by atoms with E-state index in [1.807, 2.05) is 5.43 Å². The number of hydrogen-bond donors (Lipinski definition) is 2. The lowest BCUT2D eigenvalue weighted by molar-refractivity contribution is -0.140. The van der Waals surface area contributed by atoms with E-state index in [1.54, 1.807) is 0 Å². The summed E-state index contributed by atoms with van der Waals surface area (Å²) in [6, 6.07) is 3.18. The van der Waals surface area contributed by atoms with E-state index in [9.17, 15) is 44.3 Å². The molecule has 2 N–H and O–H groups in total. The molecule has 0 aliphatic rings. The molecule has 3 rings (SSSR count). The summed E-state index contributed by atoms with van der Waals surface area (Å²) in [5.41, 5.74) is -0.655. The number of carbonyl (C=O) groups is 1. The van der Waals surface area contributed by atoms with E-state index in [0.29, 0.717) is 12.1 Å². The fraction of sp³-hybridized carbons (Fsp3) is 0.136. The van der Waals surface area contributed by atoms with Gasteiger partial charge in [-0.25, -0.2) is 23.1 Å². The Balaban J connectivity index is 1.99. The molecule has 1 aromatic heterocycles. The number of hydrazine groups is 1. The number of allylic oxidation sites excluding steroid dienone is 1. The molecule has 0 saturated carbocycles. The first-order valence-corrected chi connectivity index (χ1v) is 10.2. The van der Waals surface area contributed by atoms with Crippen LogP contribution in [0.15, 0.2) is 54.9 Å². The average molecular weight is 555 g/mol. The van der Waals surface area contributed by atoms with Crippen LogP contribution < -0.4 is 10.9 Å². The lowest BCUT2D eigenvalue weighted by Gasteiger charge is -2.19. The minimum absolute atomic E-state index is 0.121. The average Bonchev–Trinajstić information content (AvgIpc) is 2.83. The molecule has 1 amide bonds. The molecular formula is C22H12ClF9N4O. The molecule has 37 heavy (non-hydrogen) atoms. The largest absolute Gasteiger partial charge is 0.417 e. The number of rotatable bonds is 6. The normalized spacial score (nSPS) is 13.3. The topological polar surface area (TPSA) is 66.9 Å². The number of benzene rings is 2. The zero-order chi connectivity index (χ0) is 27.5. The van der Waals surface area contributed by atoms with Gasteiger partial charge in [0.2, 0.25) is 5.95 Å². The van der Waals surface area contributed by atoms with Gasteiger partial charge in [0.25, 0.3) is 5.91 Å². The number of nitrogens with one attached hydrogen (secondary N) is 2. The molecule has 5 nitrogen and oxygen atoms in total. The second-order valence-corrected chi connectivity index (χ2v) is 7.62. The van der Waals surface area contributed by atoms with Crippen molar-refractivity contribution in [2.45, 2.75) is 18.3 Å². The number of carbonyl (C=O) groups excluding carboxylic acids is 1. The van der Waals surface area contributed by atoms with E-state index in [0.717, 1.165) is 0 Å². The second-order valence-electron chi connectivity index (χ2n) is 7.24. The lowest BCUT2D eigenvalue weighted by atomic mass is 9.95. The number of alkyl halides is 6. The van der Waals surface area contributed by atoms with Gasteiger partial charge in [-0.2, -0.15) is 26.3 Å². The maximum atomic E-state index is 14.8. The Morgan fingerprint density at radius 1 is 0.973 bits per heavy atom. The monoisotopic (exact) mass is 554 g/mol. The van der Waals surface area contributed by atoms with Gasteiger partial charge >= 0.3 is 12.4 Å². The van der Waals surface area contributed by atoms with Crippen molar-refractivity contribution < 1.29 is 44.3 Å². The summed E-state index contributed by atoms with van der Waals surface area (Å²) in [5.74, 6) is -9.35. The van der Waals surface area contributed by atoms with Gasteiger partial charge in [0.05, 0.1) is 11.1 Å². The first kappa shape index (κ1) is 27.8. The fourth-order valence-corrected chi connectivity index (χ4v) is 3.16. The molecule has 3 aromatic rings. The van der Waals surface area contributed by atoms with Crippen LogP contribution in [-0.4, -0.2) is 22.1 Å². The van der Waals surface area contributed by atoms with Crippen molar-refractivity contribution in [3.05, 3.63) is 93.8 Å². The lowest BCUT2D eigenvalue weighted by Crippen LogP contribution is -2.32. The Kier molecular flexibility index (Phi) is 8.00. The first-order chi connectivity index (χ1) is 17.2. The molecule has 196 valence electrons. The predicted octanol–water partition coefficient (Wildman–Crippen LogP) is 6.84. The summed E-state index contributed by atoms with van der Waals surface area (Å²) in [6.07, 6.45) is -8.12. The van der Waals surface area contributed by atoms with Crippen molar-refractivity contribution in [3.63, 3.8) is 0 Å². The van der Waals surface area contributed by atoms with Crippen LogP contribution in [-0.2, 0) is 6.18 Å². The van der Waals surface area contributed by atoms with Crippen LogP contribution in [0.3, 0.4) is 0 Å². The highest BCUT2D eigenvalue weighted by atomic mass is 35.5. The summed E-state index contributed by atoms with van der Waals surface area (Å²) in [5, 5.41) is -1.09. The zero-order valence-corrected chi connectivity index (χ0v) is 18.6. The minimum atomic E-state index is -5.29. The van der Waals surface area contributed by atoms with Crippen LogP contribution in [0.1, 0.15) is 33.0 Å². The van der Waals surface area contributed by atoms with Crippen molar-refractivity contribution >= 4 is 29.3 Å². The molecule has 2 aromatic carbocycles. The molecular weight excluding hydrogens is 543 g/mol. The minimum Gasteiger partial charge on any atom is -0.267 e. The van der Waals surface area contributed by atoms with Crippen molar-refractivity contribution in [2.75, 3.05) is 5.43 Å². The van der Waals surface area contributed by atoms with Crippen molar-refractivity contribution in [3.8, 4) is 0 Å². The summed E-state index contributed by atoms with van der Waals surface area (Å²) in [4.78, 5) is 19.6. The molecule has 0 saturated heterocycles. The van der Waals surface area contributed by atoms with Gasteiger partial charge < -0.3 is 0 Å². The van der Waals surface area contributed by atoms with Crippen LogP contribution in [0.2, 0.25) is 5.02 Å². The van der Waals surface area contributed by atoms with Crippen molar-refractivity contribution in [1.82, 2.24) is 15.4 Å². The Hall–Kier alpha value is -3.81. The quantitative estimate of drug-likeness (QED) is 0.199. The first-order valence-electron chi connectivity index (χ1n) is 9.82. The Morgan fingerprint density at radius 2 is 1.57 bits per heavy atom. The third kappa shape index (κ3) is 6.70. The van der Waals surface area contributed by atoms with Crippen LogP contribution in [0.25, 0.3) is 5.83 Å². The van der Waals surface area contributed by atoms with Gasteiger partial charge in [-0.1, -0.05) is 17.7 Å². The maximum Gasteiger partial charge on any atom is 0.417 e. The molecule has 0 aliphatic carbocycles. The van der Waals surface area contributed by atoms with Crippen LogP contribution in [0.5, 0.6) is 0 Å². The number of aromatic nitrogens is 2. The third-order valence-corrected chi connectivity index (χ3v) is 5.09. The third-order valence-electron chi connectivity index (χ3n) is 4.73. The molecule has 0 bridgehead atoms. The molecule has 1 heterocycles. The smallest absolute Gasteiger partial charge is 0.267 e. The summed E-state index contributed by atoms with van der Waals surface area (Å²) < 4.78 is 124. The van der Waals surface area contributed by atoms with E-state index in [1.165, 1.54) is 18.5 Å². The Labute approximate surface area is 207 Å².